The summed E-state index contributed by atoms with van der Waals surface area (Å²) in [6.07, 6.45) is 3.69. The number of aliphatic hydroxyl groups excluding tert-OH is 1. The first-order valence-corrected chi connectivity index (χ1v) is 5.76. The van der Waals surface area contributed by atoms with E-state index in [1.165, 1.54) is 6.07 Å². The highest BCUT2D eigenvalue weighted by molar-refractivity contribution is 5.62. The van der Waals surface area contributed by atoms with Crippen LogP contribution in [0.15, 0.2) is 42.7 Å². The Kier molecular flexibility index (Phi) is 4.02. The van der Waals surface area contributed by atoms with E-state index in [-0.39, 0.29) is 12.4 Å². The van der Waals surface area contributed by atoms with Crippen molar-refractivity contribution < 1.29 is 9.50 Å². The molecule has 0 aliphatic rings. The molecule has 2 aromatic rings. The molecule has 18 heavy (non-hydrogen) atoms. The van der Waals surface area contributed by atoms with Crippen LogP contribution in [-0.2, 0) is 6.42 Å². The van der Waals surface area contributed by atoms with E-state index in [0.717, 1.165) is 11.1 Å². The topological polar surface area (TPSA) is 59.1 Å². The van der Waals surface area contributed by atoms with Crippen molar-refractivity contribution in [3.05, 3.63) is 54.1 Å². The molecule has 4 heteroatoms. The fourth-order valence-electron chi connectivity index (χ4n) is 1.77. The number of nitrogens with two attached hydrogens (primary N) is 1. The molecular weight excluding hydrogens is 231 g/mol. The third kappa shape index (κ3) is 2.91. The molecule has 1 unspecified atom stereocenters. The lowest BCUT2D eigenvalue weighted by Crippen LogP contribution is -2.27. The SMILES string of the molecule is NC(CO)Cc1ccc(-c2cccnc2)cc1F. The number of aromatic nitrogens is 1. The summed E-state index contributed by atoms with van der Waals surface area (Å²) >= 11 is 0. The molecule has 3 nitrogen and oxygen atoms in total. The predicted molar refractivity (Wildman–Crippen MR) is 68.4 cm³/mol. The fourth-order valence-corrected chi connectivity index (χ4v) is 1.77. The molecule has 0 aliphatic carbocycles. The van der Waals surface area contributed by atoms with Crippen LogP contribution in [-0.4, -0.2) is 22.7 Å². The molecule has 0 bridgehead atoms. The Morgan fingerprint density at radius 1 is 1.28 bits per heavy atom. The number of rotatable bonds is 4. The number of nitrogens with zero attached hydrogens (tertiary/aromatic N) is 1. The zero-order valence-corrected chi connectivity index (χ0v) is 9.88. The van der Waals surface area contributed by atoms with Crippen molar-refractivity contribution in [2.75, 3.05) is 6.61 Å². The predicted octanol–water partition coefficient (Wildman–Crippen LogP) is 1.75. The summed E-state index contributed by atoms with van der Waals surface area (Å²) in [5, 5.41) is 8.86. The average molecular weight is 246 g/mol. The Morgan fingerprint density at radius 3 is 2.72 bits per heavy atom. The third-order valence-corrected chi connectivity index (χ3v) is 2.76. The fraction of sp³-hybridized carbons (Fsp3) is 0.214. The normalized spacial score (nSPS) is 12.4. The minimum atomic E-state index is -0.427. The van der Waals surface area contributed by atoms with Gasteiger partial charge < -0.3 is 10.8 Å². The third-order valence-electron chi connectivity index (χ3n) is 2.76. The number of hydrogen-bond donors (Lipinski definition) is 2. The van der Waals surface area contributed by atoms with E-state index in [9.17, 15) is 4.39 Å². The van der Waals surface area contributed by atoms with E-state index in [1.54, 1.807) is 18.5 Å². The molecule has 0 amide bonds. The minimum absolute atomic E-state index is 0.149. The Labute approximate surface area is 105 Å². The summed E-state index contributed by atoms with van der Waals surface area (Å²) in [6.45, 7) is -0.149. The van der Waals surface area contributed by atoms with Crippen molar-refractivity contribution >= 4 is 0 Å². The minimum Gasteiger partial charge on any atom is -0.395 e. The van der Waals surface area contributed by atoms with E-state index < -0.39 is 6.04 Å². The lowest BCUT2D eigenvalue weighted by Gasteiger charge is -2.10. The first kappa shape index (κ1) is 12.7. The first-order valence-electron chi connectivity index (χ1n) is 5.76. The van der Waals surface area contributed by atoms with E-state index in [1.807, 2.05) is 18.2 Å². The molecule has 0 radical (unpaired) electrons. The van der Waals surface area contributed by atoms with Gasteiger partial charge in [-0.3, -0.25) is 4.98 Å². The summed E-state index contributed by atoms with van der Waals surface area (Å²) < 4.78 is 13.9. The highest BCUT2D eigenvalue weighted by Crippen LogP contribution is 2.21. The molecule has 1 aromatic carbocycles. The van der Waals surface area contributed by atoms with Gasteiger partial charge in [-0.15, -0.1) is 0 Å². The van der Waals surface area contributed by atoms with Gasteiger partial charge >= 0.3 is 0 Å². The van der Waals surface area contributed by atoms with Crippen LogP contribution >= 0.6 is 0 Å². The van der Waals surface area contributed by atoms with Crippen LogP contribution in [0.4, 0.5) is 4.39 Å². The second-order valence-corrected chi connectivity index (χ2v) is 4.19. The molecule has 1 aromatic heterocycles. The van der Waals surface area contributed by atoms with Gasteiger partial charge in [0, 0.05) is 24.0 Å². The lowest BCUT2D eigenvalue weighted by atomic mass is 10.0. The molecule has 3 N–H and O–H groups in total. The van der Waals surface area contributed by atoms with Gasteiger partial charge in [0.1, 0.15) is 5.82 Å². The molecule has 0 fully saturated rings. The van der Waals surface area contributed by atoms with Crippen molar-refractivity contribution in [3.63, 3.8) is 0 Å². The van der Waals surface area contributed by atoms with E-state index in [2.05, 4.69) is 4.98 Å². The van der Waals surface area contributed by atoms with Crippen LogP contribution in [0.25, 0.3) is 11.1 Å². The average Bonchev–Trinajstić information content (AvgIpc) is 2.42. The molecule has 0 aliphatic heterocycles. The summed E-state index contributed by atoms with van der Waals surface area (Å²) in [4.78, 5) is 4.00. The lowest BCUT2D eigenvalue weighted by molar-refractivity contribution is 0.264. The first-order chi connectivity index (χ1) is 8.70. The van der Waals surface area contributed by atoms with Gasteiger partial charge in [-0.1, -0.05) is 18.2 Å². The largest absolute Gasteiger partial charge is 0.395 e. The number of benzene rings is 1. The highest BCUT2D eigenvalue weighted by atomic mass is 19.1. The zero-order chi connectivity index (χ0) is 13.0. The molecule has 0 spiro atoms. The van der Waals surface area contributed by atoms with Gasteiger partial charge in [0.15, 0.2) is 0 Å². The standard InChI is InChI=1S/C14H15FN2O/c15-14-7-10(12-2-1-5-17-8-12)3-4-11(14)6-13(16)9-18/h1-5,7-8,13,18H,6,9,16H2. The number of halogens is 1. The molecule has 1 atom stereocenters. The summed E-state index contributed by atoms with van der Waals surface area (Å²) in [7, 11) is 0. The van der Waals surface area contributed by atoms with Gasteiger partial charge in [0.25, 0.3) is 0 Å². The van der Waals surface area contributed by atoms with Crippen LogP contribution in [0.5, 0.6) is 0 Å². The van der Waals surface area contributed by atoms with Crippen LogP contribution in [0.3, 0.4) is 0 Å². The van der Waals surface area contributed by atoms with Crippen LogP contribution in [0, 0.1) is 5.82 Å². The van der Waals surface area contributed by atoms with Crippen molar-refractivity contribution in [1.29, 1.82) is 0 Å². The van der Waals surface area contributed by atoms with Gasteiger partial charge in [-0.25, -0.2) is 4.39 Å². The number of hydrogen-bond acceptors (Lipinski definition) is 3. The van der Waals surface area contributed by atoms with Crippen molar-refractivity contribution in [2.24, 2.45) is 5.73 Å². The van der Waals surface area contributed by atoms with Crippen molar-refractivity contribution in [3.8, 4) is 11.1 Å². The second kappa shape index (κ2) is 5.71. The molecule has 2 rings (SSSR count). The van der Waals surface area contributed by atoms with E-state index in [0.29, 0.717) is 12.0 Å². The van der Waals surface area contributed by atoms with Crippen LogP contribution < -0.4 is 5.73 Å². The maximum atomic E-state index is 13.9. The van der Waals surface area contributed by atoms with Gasteiger partial charge in [-0.05, 0) is 29.7 Å². The van der Waals surface area contributed by atoms with Crippen molar-refractivity contribution in [1.82, 2.24) is 4.98 Å². The van der Waals surface area contributed by atoms with E-state index in [4.69, 9.17) is 10.8 Å². The van der Waals surface area contributed by atoms with Crippen LogP contribution in [0.2, 0.25) is 0 Å². The molecule has 1 heterocycles. The van der Waals surface area contributed by atoms with Crippen LogP contribution in [0.1, 0.15) is 5.56 Å². The number of aliphatic hydroxyl groups is 1. The quantitative estimate of drug-likeness (QED) is 0.864. The maximum absolute atomic E-state index is 13.9. The van der Waals surface area contributed by atoms with E-state index >= 15 is 0 Å². The summed E-state index contributed by atoms with van der Waals surface area (Å²) in [5.74, 6) is -0.305. The zero-order valence-electron chi connectivity index (χ0n) is 9.88. The van der Waals surface area contributed by atoms with Gasteiger partial charge in [-0.2, -0.15) is 0 Å². The number of pyridine rings is 1. The molecule has 0 saturated heterocycles. The van der Waals surface area contributed by atoms with Gasteiger partial charge in [0.2, 0.25) is 0 Å². The molecule has 94 valence electrons. The Balaban J connectivity index is 2.25. The summed E-state index contributed by atoms with van der Waals surface area (Å²) in [5.41, 5.74) is 7.76. The summed E-state index contributed by atoms with van der Waals surface area (Å²) in [6, 6.07) is 8.26. The van der Waals surface area contributed by atoms with Gasteiger partial charge in [0.05, 0.1) is 6.61 Å². The van der Waals surface area contributed by atoms with Crippen molar-refractivity contribution in [2.45, 2.75) is 12.5 Å². The highest BCUT2D eigenvalue weighted by Gasteiger charge is 2.09. The monoisotopic (exact) mass is 246 g/mol. The Morgan fingerprint density at radius 2 is 2.11 bits per heavy atom. The Hall–Kier alpha value is -1.78. The smallest absolute Gasteiger partial charge is 0.127 e. The maximum Gasteiger partial charge on any atom is 0.127 e. The second-order valence-electron chi connectivity index (χ2n) is 4.19. The molecule has 0 saturated carbocycles. The Bertz CT molecular complexity index is 516. The molecular formula is C14H15FN2O.